The molecule has 7 nitrogen and oxygen atoms in total. The first-order chi connectivity index (χ1) is 15.4. The van der Waals surface area contributed by atoms with Crippen molar-refractivity contribution in [2.45, 2.75) is 68.5 Å². The van der Waals surface area contributed by atoms with Crippen LogP contribution in [0.3, 0.4) is 0 Å². The van der Waals surface area contributed by atoms with Gasteiger partial charge < -0.3 is 13.8 Å². The summed E-state index contributed by atoms with van der Waals surface area (Å²) in [4.78, 5) is 0. The van der Waals surface area contributed by atoms with E-state index in [1.807, 2.05) is 7.11 Å². The quantitative estimate of drug-likeness (QED) is 0.137. The summed E-state index contributed by atoms with van der Waals surface area (Å²) in [6.45, 7) is 0. The van der Waals surface area contributed by atoms with Gasteiger partial charge in [-0.05, 0) is 51.4 Å². The van der Waals surface area contributed by atoms with Crippen molar-refractivity contribution >= 4 is 20.2 Å². The van der Waals surface area contributed by atoms with Crippen LogP contribution in [0.25, 0.3) is 0 Å². The molecule has 0 aromatic rings. The largest absolute Gasteiger partial charge is 2.00 e. The minimum Gasteiger partial charge on any atom is -0.741 e. The summed E-state index contributed by atoms with van der Waals surface area (Å²) in [7, 11) is -10.3. The van der Waals surface area contributed by atoms with Crippen LogP contribution in [0.2, 0.25) is 0 Å². The molecule has 0 fully saturated rings. The van der Waals surface area contributed by atoms with Crippen LogP contribution in [0.4, 0.5) is 26.3 Å². The van der Waals surface area contributed by atoms with Crippen molar-refractivity contribution in [3.63, 3.8) is 0 Å². The molecule has 0 saturated heterocycles. The van der Waals surface area contributed by atoms with E-state index >= 15 is 0 Å². The normalized spacial score (nSPS) is 25.1. The Hall–Kier alpha value is -0.758. The predicted octanol–water partition coefficient (Wildman–Crippen LogP) is 4.90. The summed E-state index contributed by atoms with van der Waals surface area (Å²) < 4.78 is 124. The molecule has 0 saturated carbocycles. The van der Waals surface area contributed by atoms with Crippen LogP contribution in [0, 0.1) is 5.92 Å². The Kier molecular flexibility index (Phi) is 16.8. The monoisotopic (exact) mass is 650 g/mol. The maximum atomic E-state index is 10.7. The Morgan fingerprint density at radius 2 is 1.17 bits per heavy atom. The number of methoxy groups -OCH3 is 1. The van der Waals surface area contributed by atoms with Gasteiger partial charge in [0.05, 0.1) is 6.10 Å². The predicted molar refractivity (Wildman–Crippen MR) is 109 cm³/mol. The number of alkyl halides is 6. The number of hydrogen-bond acceptors (Lipinski definition) is 7. The van der Waals surface area contributed by atoms with E-state index in [0.29, 0.717) is 12.0 Å². The molecule has 2 atom stereocenters. The van der Waals surface area contributed by atoms with Gasteiger partial charge in [0.25, 0.3) is 0 Å². The zero-order valence-corrected chi connectivity index (χ0v) is 21.6. The average molecular weight is 651 g/mol. The van der Waals surface area contributed by atoms with Crippen LogP contribution >= 0.6 is 0 Å². The first kappa shape index (κ1) is 36.4. The molecule has 0 aliphatic heterocycles. The third-order valence-corrected chi connectivity index (χ3v) is 5.86. The number of ether oxygens (including phenoxy) is 1. The van der Waals surface area contributed by atoms with E-state index in [0.717, 1.165) is 0 Å². The summed E-state index contributed by atoms with van der Waals surface area (Å²) in [6.07, 6.45) is 21.9. The van der Waals surface area contributed by atoms with Gasteiger partial charge in [-0.1, -0.05) is 36.0 Å². The SMILES string of the molecule is COC1CC/C=C\CCC1/C1=C/CC/C=C\CC1.O=S(=O)([O-])C(F)(F)F.O=S(=O)([O-])C(F)(F)F.[Pd+2]. The third-order valence-electron chi connectivity index (χ3n) is 4.73. The fourth-order valence-electron chi connectivity index (χ4n) is 3.15. The van der Waals surface area contributed by atoms with E-state index in [-0.39, 0.29) is 20.4 Å². The van der Waals surface area contributed by atoms with Gasteiger partial charge >= 0.3 is 31.4 Å². The zero-order valence-electron chi connectivity index (χ0n) is 18.5. The van der Waals surface area contributed by atoms with Gasteiger partial charge in [-0.15, -0.1) is 0 Å². The molecule has 16 heteroatoms. The van der Waals surface area contributed by atoms with Gasteiger partial charge in [-0.25, -0.2) is 16.8 Å². The van der Waals surface area contributed by atoms with E-state index < -0.39 is 31.3 Å². The summed E-state index contributed by atoms with van der Waals surface area (Å²) in [5, 5.41) is 0. The van der Waals surface area contributed by atoms with Crippen LogP contribution in [-0.2, 0) is 45.4 Å². The minimum absolute atomic E-state index is 0. The van der Waals surface area contributed by atoms with Crippen LogP contribution in [0.5, 0.6) is 0 Å². The van der Waals surface area contributed by atoms with Crippen molar-refractivity contribution in [3.05, 3.63) is 36.0 Å². The second-order valence-corrected chi connectivity index (χ2v) is 9.92. The molecule has 2 rings (SSSR count). The molecule has 208 valence electrons. The first-order valence-electron chi connectivity index (χ1n) is 9.97. The fraction of sp³-hybridized carbons (Fsp3) is 0.684. The van der Waals surface area contributed by atoms with Crippen molar-refractivity contribution in [1.82, 2.24) is 0 Å². The van der Waals surface area contributed by atoms with Gasteiger partial charge in [0.2, 0.25) is 0 Å². The molecule has 0 heterocycles. The van der Waals surface area contributed by atoms with Crippen molar-refractivity contribution < 1.29 is 77.4 Å². The molecular weight excluding hydrogens is 625 g/mol. The Morgan fingerprint density at radius 3 is 1.60 bits per heavy atom. The maximum absolute atomic E-state index is 10.7. The minimum atomic E-state index is -6.09. The van der Waals surface area contributed by atoms with Crippen LogP contribution < -0.4 is 0 Å². The molecular formula is C19H26F6O7PdS2. The molecule has 0 radical (unpaired) electrons. The van der Waals surface area contributed by atoms with Crippen LogP contribution in [0.1, 0.15) is 51.4 Å². The van der Waals surface area contributed by atoms with E-state index in [1.54, 1.807) is 5.57 Å². The van der Waals surface area contributed by atoms with E-state index in [9.17, 15) is 26.3 Å². The van der Waals surface area contributed by atoms with E-state index in [1.165, 1.54) is 51.4 Å². The van der Waals surface area contributed by atoms with Crippen molar-refractivity contribution in [1.29, 1.82) is 0 Å². The van der Waals surface area contributed by atoms with Crippen molar-refractivity contribution in [2.24, 2.45) is 5.92 Å². The molecule has 35 heavy (non-hydrogen) atoms. The summed E-state index contributed by atoms with van der Waals surface area (Å²) in [6, 6.07) is 0. The van der Waals surface area contributed by atoms with Gasteiger partial charge in [0, 0.05) is 13.0 Å². The Morgan fingerprint density at radius 1 is 0.771 bits per heavy atom. The molecule has 0 amide bonds. The van der Waals surface area contributed by atoms with Crippen LogP contribution in [-0.4, -0.2) is 50.2 Å². The number of allylic oxidation sites excluding steroid dienone is 5. The number of rotatable bonds is 2. The standard InChI is InChI=1S/C17H26O.2CHF3O3S.Pd/c1-18-17-14-10-6-5-9-13-16(17)15-11-7-3-2-4-8-12-15;2*2-1(3,4)8(5,6)7;/h2-3,5-6,12,16-17H,4,7-11,13-14H2,1H3;2*(H,5,6,7);/q;;;+2/p-2/b3-2-,6-5-,15-12+;;;. The zero-order chi connectivity index (χ0) is 26.6. The van der Waals surface area contributed by atoms with E-state index in [2.05, 4.69) is 30.4 Å². The number of hydrogen-bond donors (Lipinski definition) is 0. The number of halogens is 6. The summed E-state index contributed by atoms with van der Waals surface area (Å²) in [5.74, 6) is 0.645. The summed E-state index contributed by atoms with van der Waals surface area (Å²) in [5.41, 5.74) is -9.64. The topological polar surface area (TPSA) is 124 Å². The van der Waals surface area contributed by atoms with Crippen molar-refractivity contribution in [3.8, 4) is 0 Å². The molecule has 2 aliphatic carbocycles. The second-order valence-electron chi connectivity index (χ2n) is 7.17. The molecule has 0 spiro atoms. The molecule has 0 N–H and O–H groups in total. The average Bonchev–Trinajstić information content (AvgIpc) is 2.60. The summed E-state index contributed by atoms with van der Waals surface area (Å²) >= 11 is 0. The second kappa shape index (κ2) is 16.2. The molecule has 2 aliphatic rings. The molecule has 2 unspecified atom stereocenters. The Bertz CT molecular complexity index is 869. The smallest absolute Gasteiger partial charge is 0.741 e. The maximum Gasteiger partial charge on any atom is 2.00 e. The van der Waals surface area contributed by atoms with Gasteiger partial charge in [0.1, 0.15) is 0 Å². The molecule has 0 aromatic carbocycles. The Labute approximate surface area is 214 Å². The molecule has 0 bridgehead atoms. The first-order valence-corrected chi connectivity index (χ1v) is 12.8. The van der Waals surface area contributed by atoms with Crippen LogP contribution in [0.15, 0.2) is 36.0 Å². The van der Waals surface area contributed by atoms with Gasteiger partial charge in [-0.3, -0.25) is 0 Å². The van der Waals surface area contributed by atoms with Gasteiger partial charge in [0.15, 0.2) is 20.2 Å². The Balaban J connectivity index is 0. The van der Waals surface area contributed by atoms with Gasteiger partial charge in [-0.2, -0.15) is 26.3 Å². The fourth-order valence-corrected chi connectivity index (χ4v) is 3.15. The third kappa shape index (κ3) is 15.2. The van der Waals surface area contributed by atoms with Crippen molar-refractivity contribution in [2.75, 3.05) is 7.11 Å². The molecule has 0 aromatic heterocycles. The van der Waals surface area contributed by atoms with E-state index in [4.69, 9.17) is 30.7 Å².